The van der Waals surface area contributed by atoms with Gasteiger partial charge in [-0.15, -0.1) is 0 Å². The van der Waals surface area contributed by atoms with Crippen molar-refractivity contribution in [2.45, 2.75) is 0 Å². The van der Waals surface area contributed by atoms with Crippen LogP contribution in [0.3, 0.4) is 0 Å². The highest BCUT2D eigenvalue weighted by molar-refractivity contribution is 9.10. The Kier molecular flexibility index (Phi) is 10.9. The van der Waals surface area contributed by atoms with Crippen LogP contribution >= 0.6 is 15.9 Å². The molecule has 2 heterocycles. The molecule has 0 atom stereocenters. The number of likely N-dealkylation sites (N-methyl/N-ethyl adjacent to an activating group) is 2. The predicted octanol–water partition coefficient (Wildman–Crippen LogP) is 2.09. The number of hydrogen-bond acceptors (Lipinski definition) is 6. The lowest BCUT2D eigenvalue weighted by Gasteiger charge is -2.32. The van der Waals surface area contributed by atoms with Crippen LogP contribution < -0.4 is 10.2 Å². The van der Waals surface area contributed by atoms with Gasteiger partial charge in [0.1, 0.15) is 12.6 Å². The minimum Gasteiger partial charge on any atom is -0.354 e. The highest BCUT2D eigenvalue weighted by Crippen LogP contribution is 2.17. The maximum absolute atomic E-state index is 11.8. The summed E-state index contributed by atoms with van der Waals surface area (Å²) in [6, 6.07) is 14.3. The summed E-state index contributed by atoms with van der Waals surface area (Å²) < 4.78 is 0.994. The van der Waals surface area contributed by atoms with Crippen molar-refractivity contribution < 1.29 is 19.2 Å². The Bertz CT molecular complexity index is 934. The molecule has 2 amide bonds. The van der Waals surface area contributed by atoms with Gasteiger partial charge in [0, 0.05) is 47.5 Å². The maximum Gasteiger partial charge on any atom is 0.241 e. The monoisotopic (exact) mass is 516 g/mol. The van der Waals surface area contributed by atoms with E-state index < -0.39 is 0 Å². The quantitative estimate of drug-likeness (QED) is 0.628. The van der Waals surface area contributed by atoms with Gasteiger partial charge in [0.05, 0.1) is 13.1 Å². The highest BCUT2D eigenvalue weighted by Gasteiger charge is 2.22. The largest absolute Gasteiger partial charge is 0.354 e. The Morgan fingerprint density at radius 2 is 1.33 bits per heavy atom. The van der Waals surface area contributed by atoms with E-state index in [-0.39, 0.29) is 11.8 Å². The molecule has 1 N–H and O–H groups in total. The van der Waals surface area contributed by atoms with E-state index in [1.807, 2.05) is 48.2 Å². The molecule has 0 unspecified atom stereocenters. The Balaban J connectivity index is 0.000000192. The smallest absolute Gasteiger partial charge is 0.241 e. The van der Waals surface area contributed by atoms with Crippen molar-refractivity contribution >= 4 is 46.0 Å². The molecule has 176 valence electrons. The molecule has 0 spiro atoms. The van der Waals surface area contributed by atoms with Gasteiger partial charge >= 0.3 is 0 Å². The van der Waals surface area contributed by atoms with E-state index in [9.17, 15) is 19.2 Å². The molecule has 9 heteroatoms. The molecule has 0 saturated carbocycles. The third kappa shape index (κ3) is 9.25. The standard InChI is InChI=1S/C12H14N2O2.C7H5BrO.C5H10N2O/c1-13-6-7-14(12(16)8-13)11-4-2-10(9-15)3-5-11;8-7-3-1-6(5-9)2-4-7;1-7-3-2-6-5(8)4-7/h2-5,9H,6-8H2,1H3;1-5H;2-4H2,1H3,(H,6,8). The number of hydrogen-bond donors (Lipinski definition) is 1. The zero-order chi connectivity index (χ0) is 24.2. The number of piperazine rings is 2. The number of amides is 2. The number of halogens is 1. The molecule has 0 aromatic heterocycles. The zero-order valence-electron chi connectivity index (χ0n) is 18.9. The van der Waals surface area contributed by atoms with E-state index in [4.69, 9.17) is 0 Å². The van der Waals surface area contributed by atoms with Crippen molar-refractivity contribution in [2.75, 3.05) is 58.3 Å². The molecular weight excluding hydrogens is 488 g/mol. The summed E-state index contributed by atoms with van der Waals surface area (Å²) in [5.74, 6) is 0.242. The summed E-state index contributed by atoms with van der Waals surface area (Å²) in [5, 5.41) is 2.73. The fourth-order valence-corrected chi connectivity index (χ4v) is 3.37. The van der Waals surface area contributed by atoms with Crippen LogP contribution in [-0.2, 0) is 9.59 Å². The van der Waals surface area contributed by atoms with Crippen molar-refractivity contribution in [1.82, 2.24) is 15.1 Å². The molecule has 2 aliphatic heterocycles. The fourth-order valence-electron chi connectivity index (χ4n) is 3.10. The highest BCUT2D eigenvalue weighted by atomic mass is 79.9. The van der Waals surface area contributed by atoms with Gasteiger partial charge in [0.15, 0.2) is 0 Å². The fraction of sp³-hybridized carbons (Fsp3) is 0.333. The summed E-state index contributed by atoms with van der Waals surface area (Å²) >= 11 is 3.26. The van der Waals surface area contributed by atoms with Gasteiger partial charge in [0.2, 0.25) is 11.8 Å². The summed E-state index contributed by atoms with van der Waals surface area (Å²) in [4.78, 5) is 48.7. The molecule has 33 heavy (non-hydrogen) atoms. The number of carbonyl (C=O) groups is 4. The normalized spacial score (nSPS) is 16.5. The summed E-state index contributed by atoms with van der Waals surface area (Å²) in [5.41, 5.74) is 2.20. The summed E-state index contributed by atoms with van der Waals surface area (Å²) in [6.07, 6.45) is 1.63. The first-order valence-corrected chi connectivity index (χ1v) is 11.3. The van der Waals surface area contributed by atoms with Crippen LogP contribution in [0.4, 0.5) is 5.69 Å². The van der Waals surface area contributed by atoms with E-state index in [0.717, 1.165) is 42.4 Å². The molecule has 2 aliphatic rings. The lowest BCUT2D eigenvalue weighted by atomic mass is 10.2. The molecule has 4 rings (SSSR count). The topological polar surface area (TPSA) is 90.0 Å². The lowest BCUT2D eigenvalue weighted by molar-refractivity contribution is -0.123. The molecule has 0 bridgehead atoms. The molecule has 2 aromatic carbocycles. The SMILES string of the molecule is CN1CCN(c2ccc(C=O)cc2)C(=O)C1.CN1CCNC(=O)C1.O=Cc1ccc(Br)cc1. The van der Waals surface area contributed by atoms with Crippen LogP contribution in [0.25, 0.3) is 0 Å². The number of nitrogens with one attached hydrogen (secondary N) is 1. The van der Waals surface area contributed by atoms with E-state index >= 15 is 0 Å². The van der Waals surface area contributed by atoms with E-state index in [1.54, 1.807) is 29.2 Å². The van der Waals surface area contributed by atoms with Crippen molar-refractivity contribution in [3.8, 4) is 0 Å². The van der Waals surface area contributed by atoms with E-state index in [2.05, 4.69) is 21.2 Å². The summed E-state index contributed by atoms with van der Waals surface area (Å²) in [6.45, 7) is 4.37. The number of anilines is 1. The van der Waals surface area contributed by atoms with Crippen LogP contribution in [0.5, 0.6) is 0 Å². The van der Waals surface area contributed by atoms with E-state index in [1.165, 1.54) is 0 Å². The third-order valence-corrected chi connectivity index (χ3v) is 5.52. The maximum atomic E-state index is 11.8. The Labute approximate surface area is 202 Å². The molecule has 2 saturated heterocycles. The van der Waals surface area contributed by atoms with Gasteiger partial charge in [-0.1, -0.05) is 28.1 Å². The predicted molar refractivity (Wildman–Crippen MR) is 132 cm³/mol. The molecule has 0 radical (unpaired) electrons. The molecule has 8 nitrogen and oxygen atoms in total. The second-order valence-corrected chi connectivity index (χ2v) is 8.67. The van der Waals surface area contributed by atoms with Crippen LogP contribution in [0.2, 0.25) is 0 Å². The average molecular weight is 517 g/mol. The molecular formula is C24H29BrN4O4. The molecule has 0 aliphatic carbocycles. The molecule has 2 fully saturated rings. The number of carbonyl (C=O) groups excluding carboxylic acids is 4. The Morgan fingerprint density at radius 3 is 1.79 bits per heavy atom. The van der Waals surface area contributed by atoms with Gasteiger partial charge < -0.3 is 10.2 Å². The van der Waals surface area contributed by atoms with Crippen molar-refractivity contribution in [2.24, 2.45) is 0 Å². The first kappa shape index (κ1) is 26.4. The number of rotatable bonds is 3. The summed E-state index contributed by atoms with van der Waals surface area (Å²) in [7, 11) is 3.88. The first-order chi connectivity index (χ1) is 15.8. The van der Waals surface area contributed by atoms with Gasteiger partial charge in [-0.05, 0) is 50.5 Å². The van der Waals surface area contributed by atoms with Crippen LogP contribution in [0.1, 0.15) is 20.7 Å². The first-order valence-electron chi connectivity index (χ1n) is 10.5. The third-order valence-electron chi connectivity index (χ3n) is 4.99. The lowest BCUT2D eigenvalue weighted by Crippen LogP contribution is -2.48. The second kappa shape index (κ2) is 13.6. The molecule has 2 aromatic rings. The van der Waals surface area contributed by atoms with E-state index in [0.29, 0.717) is 30.8 Å². The minimum absolute atomic E-state index is 0.104. The Morgan fingerprint density at radius 1 is 0.788 bits per heavy atom. The second-order valence-electron chi connectivity index (χ2n) is 7.75. The van der Waals surface area contributed by atoms with Crippen LogP contribution in [-0.4, -0.2) is 87.6 Å². The number of nitrogens with zero attached hydrogens (tertiary/aromatic N) is 3. The average Bonchev–Trinajstić information content (AvgIpc) is 2.80. The number of benzene rings is 2. The van der Waals surface area contributed by atoms with Crippen molar-refractivity contribution in [1.29, 1.82) is 0 Å². The van der Waals surface area contributed by atoms with Crippen molar-refractivity contribution in [3.05, 3.63) is 64.1 Å². The van der Waals surface area contributed by atoms with Gasteiger partial charge in [-0.25, -0.2) is 0 Å². The van der Waals surface area contributed by atoms with Crippen molar-refractivity contribution in [3.63, 3.8) is 0 Å². The van der Waals surface area contributed by atoms with Gasteiger partial charge in [0.25, 0.3) is 0 Å². The van der Waals surface area contributed by atoms with Gasteiger partial charge in [-0.3, -0.25) is 29.0 Å². The van der Waals surface area contributed by atoms with Gasteiger partial charge in [-0.2, -0.15) is 0 Å². The zero-order valence-corrected chi connectivity index (χ0v) is 20.5. The minimum atomic E-state index is 0.104. The Hall–Kier alpha value is -2.88. The number of aldehydes is 2. The van der Waals surface area contributed by atoms with Crippen LogP contribution in [0, 0.1) is 0 Å². The van der Waals surface area contributed by atoms with Crippen LogP contribution in [0.15, 0.2) is 53.0 Å².